The van der Waals surface area contributed by atoms with Crippen LogP contribution in [0.3, 0.4) is 0 Å². The zero-order valence-corrected chi connectivity index (χ0v) is 19.8. The molecule has 0 amide bonds. The van der Waals surface area contributed by atoms with Gasteiger partial charge in [0, 0.05) is 11.8 Å². The van der Waals surface area contributed by atoms with Crippen LogP contribution in [-0.2, 0) is 5.41 Å². The van der Waals surface area contributed by atoms with Gasteiger partial charge in [-0.05, 0) is 73.0 Å². The van der Waals surface area contributed by atoms with Crippen molar-refractivity contribution in [1.29, 1.82) is 10.5 Å². The van der Waals surface area contributed by atoms with Gasteiger partial charge >= 0.3 is 0 Å². The number of hydrogen-bond acceptors (Lipinski definition) is 7. The van der Waals surface area contributed by atoms with E-state index in [1.54, 1.807) is 13.2 Å². The summed E-state index contributed by atoms with van der Waals surface area (Å²) in [6, 6.07) is 18.2. The summed E-state index contributed by atoms with van der Waals surface area (Å²) >= 11 is 0. The molecule has 1 unspecified atom stereocenters. The van der Waals surface area contributed by atoms with E-state index < -0.39 is 11.1 Å². The number of furan rings is 1. The number of anilines is 1. The zero-order valence-electron chi connectivity index (χ0n) is 19.8. The number of nitriles is 2. The molecule has 0 bridgehead atoms. The fraction of sp³-hybridized carbons (Fsp3) is 0.250. The highest BCUT2D eigenvalue weighted by Gasteiger charge is 2.60. The van der Waals surface area contributed by atoms with E-state index in [0.717, 1.165) is 33.3 Å². The van der Waals surface area contributed by atoms with E-state index in [4.69, 9.17) is 18.9 Å². The first kappa shape index (κ1) is 21.1. The van der Waals surface area contributed by atoms with E-state index in [9.17, 15) is 10.5 Å². The minimum absolute atomic E-state index is 0.114. The van der Waals surface area contributed by atoms with Crippen LogP contribution >= 0.6 is 0 Å². The molecular formula is C28H22N4O3. The third-order valence-electron chi connectivity index (χ3n) is 7.32. The number of hydrogen-bond donors (Lipinski definition) is 0. The Morgan fingerprint density at radius 3 is 2.66 bits per heavy atom. The third-order valence-corrected chi connectivity index (χ3v) is 7.32. The van der Waals surface area contributed by atoms with Crippen molar-refractivity contribution in [3.63, 3.8) is 0 Å². The lowest BCUT2D eigenvalue weighted by Gasteiger charge is -2.45. The smallest absolute Gasteiger partial charge is 0.229 e. The Bertz CT molecular complexity index is 1670. The SMILES string of the molecule is COc1ccc2cc3c(cc2c1)C(C)(C)C1(C=Nc2cc(C)c4oc(C#N)cc4c2O1)N3CC#N. The molecule has 0 saturated carbocycles. The Morgan fingerprint density at radius 2 is 1.91 bits per heavy atom. The molecule has 7 heteroatoms. The predicted octanol–water partition coefficient (Wildman–Crippen LogP) is 5.89. The first-order valence-electron chi connectivity index (χ1n) is 11.3. The molecule has 0 N–H and O–H groups in total. The molecule has 7 nitrogen and oxygen atoms in total. The van der Waals surface area contributed by atoms with Crippen molar-refractivity contribution >= 4 is 39.3 Å². The third kappa shape index (κ3) is 2.67. The van der Waals surface area contributed by atoms with Gasteiger partial charge < -0.3 is 18.8 Å². The topological polar surface area (TPSA) is 94.8 Å². The van der Waals surface area contributed by atoms with E-state index in [2.05, 4.69) is 38.1 Å². The van der Waals surface area contributed by atoms with Crippen molar-refractivity contribution in [3.8, 4) is 23.6 Å². The van der Waals surface area contributed by atoms with Crippen molar-refractivity contribution in [2.75, 3.05) is 18.6 Å². The molecule has 0 fully saturated rings. The molecule has 0 aliphatic carbocycles. The molecule has 35 heavy (non-hydrogen) atoms. The molecular weight excluding hydrogens is 440 g/mol. The Morgan fingerprint density at radius 1 is 1.09 bits per heavy atom. The maximum absolute atomic E-state index is 9.80. The van der Waals surface area contributed by atoms with Gasteiger partial charge in [0.05, 0.1) is 30.2 Å². The van der Waals surface area contributed by atoms with Crippen molar-refractivity contribution in [2.24, 2.45) is 4.99 Å². The van der Waals surface area contributed by atoms with Crippen LogP contribution in [0.25, 0.3) is 21.7 Å². The normalized spacial score (nSPS) is 19.3. The molecule has 0 saturated heterocycles. The lowest BCUT2D eigenvalue weighted by molar-refractivity contribution is 0.0818. The van der Waals surface area contributed by atoms with Crippen LogP contribution in [-0.4, -0.2) is 25.6 Å². The van der Waals surface area contributed by atoms with Gasteiger partial charge in [-0.15, -0.1) is 0 Å². The highest BCUT2D eigenvalue weighted by atomic mass is 16.5. The van der Waals surface area contributed by atoms with Gasteiger partial charge in [-0.1, -0.05) is 6.07 Å². The highest BCUT2D eigenvalue weighted by Crippen LogP contribution is 2.56. The summed E-state index contributed by atoms with van der Waals surface area (Å²) in [5, 5.41) is 22.0. The van der Waals surface area contributed by atoms with Crippen LogP contribution in [0.15, 0.2) is 51.9 Å². The molecule has 172 valence electrons. The monoisotopic (exact) mass is 462 g/mol. The van der Waals surface area contributed by atoms with Crippen LogP contribution in [0.1, 0.15) is 30.7 Å². The van der Waals surface area contributed by atoms with E-state index >= 15 is 0 Å². The van der Waals surface area contributed by atoms with E-state index in [-0.39, 0.29) is 12.3 Å². The largest absolute Gasteiger partial charge is 0.497 e. The minimum Gasteiger partial charge on any atom is -0.497 e. The Balaban J connectivity index is 1.60. The first-order chi connectivity index (χ1) is 16.8. The summed E-state index contributed by atoms with van der Waals surface area (Å²) in [6.07, 6.45) is 1.81. The van der Waals surface area contributed by atoms with Gasteiger partial charge in [-0.25, -0.2) is 0 Å². The number of fused-ring (bicyclic) bond motifs is 5. The predicted molar refractivity (Wildman–Crippen MR) is 134 cm³/mol. The second kappa shape index (κ2) is 7.01. The molecule has 1 aromatic heterocycles. The quantitative estimate of drug-likeness (QED) is 0.345. The number of ether oxygens (including phenoxy) is 2. The van der Waals surface area contributed by atoms with Crippen molar-refractivity contribution < 1.29 is 13.9 Å². The summed E-state index contributed by atoms with van der Waals surface area (Å²) in [5.74, 6) is 1.55. The summed E-state index contributed by atoms with van der Waals surface area (Å²) in [5.41, 5.74) is 2.51. The van der Waals surface area contributed by atoms with Crippen LogP contribution in [0, 0.1) is 29.6 Å². The summed E-state index contributed by atoms with van der Waals surface area (Å²) in [4.78, 5) is 6.82. The fourth-order valence-corrected chi connectivity index (χ4v) is 5.44. The van der Waals surface area contributed by atoms with E-state index in [0.29, 0.717) is 22.4 Å². The van der Waals surface area contributed by atoms with Crippen LogP contribution in [0.5, 0.6) is 11.5 Å². The average Bonchev–Trinajstić information content (AvgIpc) is 3.37. The number of rotatable bonds is 2. The maximum atomic E-state index is 9.80. The second-order valence-electron chi connectivity index (χ2n) is 9.52. The molecule has 6 rings (SSSR count). The van der Waals surface area contributed by atoms with Gasteiger partial charge in [-0.2, -0.15) is 10.5 Å². The lowest BCUT2D eigenvalue weighted by Crippen LogP contribution is -2.62. The lowest BCUT2D eigenvalue weighted by atomic mass is 9.77. The Kier molecular flexibility index (Phi) is 4.22. The second-order valence-corrected chi connectivity index (χ2v) is 9.52. The van der Waals surface area contributed by atoms with Crippen LogP contribution in [0.4, 0.5) is 11.4 Å². The molecule has 2 aliphatic heterocycles. The summed E-state index contributed by atoms with van der Waals surface area (Å²) in [7, 11) is 1.65. The van der Waals surface area contributed by atoms with Crippen molar-refractivity contribution in [2.45, 2.75) is 31.9 Å². The molecule has 4 aromatic rings. The molecule has 2 aliphatic rings. The Hall–Kier alpha value is -4.49. The van der Waals surface area contributed by atoms with Gasteiger partial charge in [0.25, 0.3) is 0 Å². The van der Waals surface area contributed by atoms with Gasteiger partial charge in [0.15, 0.2) is 5.75 Å². The minimum atomic E-state index is -1.05. The van der Waals surface area contributed by atoms with Crippen LogP contribution in [0.2, 0.25) is 0 Å². The molecule has 3 heterocycles. The molecule has 0 radical (unpaired) electrons. The zero-order chi connectivity index (χ0) is 24.5. The average molecular weight is 463 g/mol. The molecule has 3 aromatic carbocycles. The summed E-state index contributed by atoms with van der Waals surface area (Å²) < 4.78 is 18.1. The fourth-order valence-electron chi connectivity index (χ4n) is 5.44. The summed E-state index contributed by atoms with van der Waals surface area (Å²) in [6.45, 7) is 6.25. The highest BCUT2D eigenvalue weighted by molar-refractivity contribution is 5.99. The van der Waals surface area contributed by atoms with Crippen LogP contribution < -0.4 is 14.4 Å². The standard InChI is InChI=1S/C28H22N4O3/c1-16-9-23-26(21-13-20(14-30)34-25(16)21)35-28(15-31-23)27(2,3)22-11-18-10-19(33-4)6-5-17(18)12-24(22)32(28)8-7-29/h5-6,9-13,15H,8H2,1-4H3. The number of nitrogens with zero attached hydrogens (tertiary/aromatic N) is 4. The number of benzene rings is 3. The number of methoxy groups -OCH3 is 1. The molecule has 1 spiro atoms. The van der Waals surface area contributed by atoms with E-state index in [1.807, 2.05) is 42.3 Å². The van der Waals surface area contributed by atoms with Crippen molar-refractivity contribution in [1.82, 2.24) is 0 Å². The first-order valence-corrected chi connectivity index (χ1v) is 11.3. The molecule has 1 atom stereocenters. The van der Waals surface area contributed by atoms with Gasteiger partial charge in [0.1, 0.15) is 29.6 Å². The van der Waals surface area contributed by atoms with Crippen molar-refractivity contribution in [3.05, 3.63) is 59.4 Å². The van der Waals surface area contributed by atoms with Gasteiger partial charge in [-0.3, -0.25) is 4.99 Å². The van der Waals surface area contributed by atoms with E-state index in [1.165, 1.54) is 0 Å². The number of aliphatic imine (C=N–C) groups is 1. The maximum Gasteiger partial charge on any atom is 0.229 e. The Labute approximate surface area is 202 Å². The number of aryl methyl sites for hydroxylation is 1. The van der Waals surface area contributed by atoms with Gasteiger partial charge in [0.2, 0.25) is 11.5 Å².